The molecule has 1 heterocycles. The van der Waals surface area contributed by atoms with Crippen molar-refractivity contribution < 1.29 is 23.8 Å². The fraction of sp³-hybridized carbons (Fsp3) is 0.433. The first-order chi connectivity index (χ1) is 19.1. The fourth-order valence-corrected chi connectivity index (χ4v) is 4.58. The van der Waals surface area contributed by atoms with Gasteiger partial charge in [0.1, 0.15) is 12.4 Å². The quantitative estimate of drug-likeness (QED) is 0.265. The zero-order valence-electron chi connectivity index (χ0n) is 23.4. The predicted octanol–water partition coefficient (Wildman–Crippen LogP) is 4.81. The highest BCUT2D eigenvalue weighted by Crippen LogP contribution is 2.26. The number of anilines is 3. The number of carbonyl (C=O) groups excluding carboxylic acids is 1. The molecule has 1 fully saturated rings. The first-order valence-electron chi connectivity index (χ1n) is 13.5. The van der Waals surface area contributed by atoms with Gasteiger partial charge in [0.25, 0.3) is 5.91 Å². The van der Waals surface area contributed by atoms with Gasteiger partial charge in [0.05, 0.1) is 31.0 Å². The van der Waals surface area contributed by atoms with Crippen LogP contribution in [0.1, 0.15) is 56.0 Å². The van der Waals surface area contributed by atoms with Crippen LogP contribution in [-0.4, -0.2) is 59.5 Å². The molecule has 4 N–H and O–H groups in total. The van der Waals surface area contributed by atoms with Crippen LogP contribution in [0.2, 0.25) is 0 Å². The van der Waals surface area contributed by atoms with E-state index in [-0.39, 0.29) is 23.1 Å². The zero-order chi connectivity index (χ0) is 28.7. The Labute approximate surface area is 234 Å². The number of nitrogens with zero attached hydrogens (tertiary/aromatic N) is 2. The monoisotopic (exact) mass is 551 g/mol. The standard InChI is InChI=1S/C30H38FN5O4/c1-30(2,3)20-10-8-19(9-11-20)28(38)35-25-7-5-6-24(26(25)37)34-27-23(31)18-32-29(36-27)33-21-12-14-22(15-13-21)40-17-16-39-4/h8-15,18,24-26,37H,5-7,16-17H2,1-4H3,(H,35,38)(H2,32,33,34,36)/t24-,25-,26?/m1/s1. The Bertz CT molecular complexity index is 1260. The first kappa shape index (κ1) is 29.2. The Morgan fingerprint density at radius 1 is 1.05 bits per heavy atom. The smallest absolute Gasteiger partial charge is 0.251 e. The number of aromatic nitrogens is 2. The summed E-state index contributed by atoms with van der Waals surface area (Å²) in [6, 6.07) is 13.7. The van der Waals surface area contributed by atoms with E-state index < -0.39 is 24.0 Å². The van der Waals surface area contributed by atoms with Crippen molar-refractivity contribution in [2.24, 2.45) is 0 Å². The Balaban J connectivity index is 1.37. The van der Waals surface area contributed by atoms with E-state index in [4.69, 9.17) is 9.47 Å². The highest BCUT2D eigenvalue weighted by Gasteiger charge is 2.34. The molecule has 0 saturated heterocycles. The van der Waals surface area contributed by atoms with Crippen LogP contribution in [0.5, 0.6) is 5.75 Å². The van der Waals surface area contributed by atoms with E-state index in [9.17, 15) is 14.3 Å². The maximum atomic E-state index is 14.6. The van der Waals surface area contributed by atoms with Gasteiger partial charge >= 0.3 is 0 Å². The summed E-state index contributed by atoms with van der Waals surface area (Å²) in [5, 5.41) is 20.1. The van der Waals surface area contributed by atoms with Crippen molar-refractivity contribution in [2.45, 2.75) is 63.6 Å². The topological polar surface area (TPSA) is 118 Å². The summed E-state index contributed by atoms with van der Waals surface area (Å²) in [4.78, 5) is 21.2. The van der Waals surface area contributed by atoms with Gasteiger partial charge in [0.2, 0.25) is 5.95 Å². The van der Waals surface area contributed by atoms with Gasteiger partial charge in [-0.05, 0) is 66.6 Å². The third-order valence-electron chi connectivity index (χ3n) is 6.92. The van der Waals surface area contributed by atoms with E-state index >= 15 is 0 Å². The molecule has 3 atom stereocenters. The lowest BCUT2D eigenvalue weighted by Crippen LogP contribution is -2.53. The lowest BCUT2D eigenvalue weighted by Gasteiger charge is -2.36. The Morgan fingerprint density at radius 3 is 2.42 bits per heavy atom. The van der Waals surface area contributed by atoms with Crippen molar-refractivity contribution in [3.8, 4) is 5.75 Å². The van der Waals surface area contributed by atoms with Crippen LogP contribution in [0, 0.1) is 5.82 Å². The van der Waals surface area contributed by atoms with Crippen LogP contribution in [0.25, 0.3) is 0 Å². The maximum Gasteiger partial charge on any atom is 0.251 e. The first-order valence-corrected chi connectivity index (χ1v) is 13.5. The summed E-state index contributed by atoms with van der Waals surface area (Å²) in [5.41, 5.74) is 2.36. The summed E-state index contributed by atoms with van der Waals surface area (Å²) >= 11 is 0. The highest BCUT2D eigenvalue weighted by atomic mass is 19.1. The van der Waals surface area contributed by atoms with Gasteiger partial charge in [0, 0.05) is 18.4 Å². The van der Waals surface area contributed by atoms with E-state index in [0.717, 1.165) is 18.2 Å². The number of methoxy groups -OCH3 is 1. The number of hydrogen-bond donors (Lipinski definition) is 4. The van der Waals surface area contributed by atoms with Crippen molar-refractivity contribution in [3.05, 3.63) is 71.7 Å². The number of aliphatic hydroxyl groups is 1. The SMILES string of the molecule is COCCOc1ccc(Nc2ncc(F)c(N[C@@H]3CCC[C@@H](NC(=O)c4ccc(C(C)(C)C)cc4)C3O)n2)cc1. The minimum atomic E-state index is -0.928. The van der Waals surface area contributed by atoms with Crippen LogP contribution in [0.15, 0.2) is 54.7 Å². The normalized spacial score (nSPS) is 19.1. The lowest BCUT2D eigenvalue weighted by molar-refractivity contribution is 0.0656. The molecule has 9 nitrogen and oxygen atoms in total. The molecule has 40 heavy (non-hydrogen) atoms. The summed E-state index contributed by atoms with van der Waals surface area (Å²) < 4.78 is 25.2. The van der Waals surface area contributed by atoms with Gasteiger partial charge in [0.15, 0.2) is 11.6 Å². The number of rotatable bonds is 10. The number of amides is 1. The largest absolute Gasteiger partial charge is 0.491 e. The molecule has 2 aromatic carbocycles. The molecule has 3 aromatic rings. The van der Waals surface area contributed by atoms with Gasteiger partial charge < -0.3 is 30.5 Å². The molecule has 10 heteroatoms. The summed E-state index contributed by atoms with van der Waals surface area (Å²) in [7, 11) is 1.61. The third-order valence-corrected chi connectivity index (χ3v) is 6.92. The second-order valence-corrected chi connectivity index (χ2v) is 11.0. The molecule has 1 aliphatic carbocycles. The van der Waals surface area contributed by atoms with Gasteiger partial charge in [-0.25, -0.2) is 9.37 Å². The Morgan fingerprint density at radius 2 is 1.75 bits per heavy atom. The van der Waals surface area contributed by atoms with Crippen molar-refractivity contribution in [1.82, 2.24) is 15.3 Å². The van der Waals surface area contributed by atoms with Gasteiger partial charge in [-0.1, -0.05) is 32.9 Å². The molecule has 0 aliphatic heterocycles. The van der Waals surface area contributed by atoms with Crippen LogP contribution in [0.3, 0.4) is 0 Å². The highest BCUT2D eigenvalue weighted by molar-refractivity contribution is 5.94. The molecule has 1 unspecified atom stereocenters. The number of halogens is 1. The van der Waals surface area contributed by atoms with Crippen LogP contribution in [0.4, 0.5) is 21.8 Å². The molecule has 0 bridgehead atoms. The third kappa shape index (κ3) is 7.67. The summed E-state index contributed by atoms with van der Waals surface area (Å²) in [5.74, 6) is -0.0128. The molecule has 1 saturated carbocycles. The number of hydrogen-bond acceptors (Lipinski definition) is 8. The van der Waals surface area contributed by atoms with Gasteiger partial charge in [-0.2, -0.15) is 4.98 Å². The fourth-order valence-electron chi connectivity index (χ4n) is 4.58. The average Bonchev–Trinajstić information content (AvgIpc) is 2.93. The summed E-state index contributed by atoms with van der Waals surface area (Å²) in [6.07, 6.45) is 2.12. The minimum absolute atomic E-state index is 0.0111. The lowest BCUT2D eigenvalue weighted by atomic mass is 9.86. The number of ether oxygens (including phenoxy) is 2. The van der Waals surface area contributed by atoms with E-state index in [1.165, 1.54) is 0 Å². The Hall–Kier alpha value is -3.76. The van der Waals surface area contributed by atoms with E-state index in [0.29, 0.717) is 43.1 Å². The zero-order valence-corrected chi connectivity index (χ0v) is 23.4. The molecule has 1 amide bonds. The van der Waals surface area contributed by atoms with Crippen molar-refractivity contribution >= 4 is 23.4 Å². The maximum absolute atomic E-state index is 14.6. The molecular weight excluding hydrogens is 513 g/mol. The van der Waals surface area contributed by atoms with Gasteiger partial charge in [-0.15, -0.1) is 0 Å². The van der Waals surface area contributed by atoms with Crippen LogP contribution in [-0.2, 0) is 10.2 Å². The average molecular weight is 552 g/mol. The van der Waals surface area contributed by atoms with E-state index in [1.54, 1.807) is 43.5 Å². The van der Waals surface area contributed by atoms with E-state index in [1.807, 2.05) is 12.1 Å². The number of nitrogens with one attached hydrogen (secondary N) is 3. The molecule has 0 radical (unpaired) electrons. The molecule has 1 aliphatic rings. The minimum Gasteiger partial charge on any atom is -0.491 e. The number of carbonyl (C=O) groups is 1. The molecule has 4 rings (SSSR count). The molecule has 1 aromatic heterocycles. The number of benzene rings is 2. The second-order valence-electron chi connectivity index (χ2n) is 11.0. The van der Waals surface area contributed by atoms with Crippen LogP contribution >= 0.6 is 0 Å². The number of aliphatic hydroxyl groups excluding tert-OH is 1. The van der Waals surface area contributed by atoms with Crippen molar-refractivity contribution in [3.63, 3.8) is 0 Å². The van der Waals surface area contributed by atoms with Gasteiger partial charge in [-0.3, -0.25) is 4.79 Å². The Kier molecular flexibility index (Phi) is 9.54. The molecular formula is C30H38FN5O4. The predicted molar refractivity (Wildman–Crippen MR) is 153 cm³/mol. The van der Waals surface area contributed by atoms with Crippen molar-refractivity contribution in [2.75, 3.05) is 31.0 Å². The second kappa shape index (κ2) is 13.1. The molecule has 214 valence electrons. The van der Waals surface area contributed by atoms with E-state index in [2.05, 4.69) is 46.7 Å². The summed E-state index contributed by atoms with van der Waals surface area (Å²) in [6.45, 7) is 7.29. The molecule has 0 spiro atoms. The van der Waals surface area contributed by atoms with Crippen LogP contribution < -0.4 is 20.7 Å². The van der Waals surface area contributed by atoms with Crippen molar-refractivity contribution in [1.29, 1.82) is 0 Å².